The molecule has 18 heavy (non-hydrogen) atoms. The van der Waals surface area contributed by atoms with Gasteiger partial charge >= 0.3 is 6.18 Å². The molecule has 4 heteroatoms. The van der Waals surface area contributed by atoms with Gasteiger partial charge in [0.25, 0.3) is 0 Å². The first-order valence-corrected chi connectivity index (χ1v) is 7.32. The van der Waals surface area contributed by atoms with Crippen molar-refractivity contribution in [3.63, 3.8) is 0 Å². The number of hydrogen-bond acceptors (Lipinski definition) is 1. The van der Waals surface area contributed by atoms with Crippen LogP contribution in [0.25, 0.3) is 0 Å². The lowest BCUT2D eigenvalue weighted by atomic mass is 10.2. The van der Waals surface area contributed by atoms with Crippen molar-refractivity contribution in [2.75, 3.05) is 5.75 Å². The molecule has 0 nitrogen and oxygen atoms in total. The molecule has 0 saturated carbocycles. The molecule has 0 amide bonds. The topological polar surface area (TPSA) is 0 Å². The van der Waals surface area contributed by atoms with E-state index in [2.05, 4.69) is 6.92 Å². The maximum Gasteiger partial charge on any atom is 0.416 e. The van der Waals surface area contributed by atoms with Gasteiger partial charge in [0.15, 0.2) is 0 Å². The Morgan fingerprint density at radius 1 is 1.06 bits per heavy atom. The van der Waals surface area contributed by atoms with E-state index in [-0.39, 0.29) is 0 Å². The van der Waals surface area contributed by atoms with Crippen LogP contribution in [0.5, 0.6) is 0 Å². The van der Waals surface area contributed by atoms with Crippen LogP contribution in [0, 0.1) is 0 Å². The Kier molecular flexibility index (Phi) is 6.61. The minimum absolute atomic E-state index is 0.557. The molecule has 0 heterocycles. The predicted molar refractivity (Wildman–Crippen MR) is 70.9 cm³/mol. The largest absolute Gasteiger partial charge is 0.416 e. The quantitative estimate of drug-likeness (QED) is 0.450. The van der Waals surface area contributed by atoms with Gasteiger partial charge in [0, 0.05) is 4.90 Å². The van der Waals surface area contributed by atoms with Crippen LogP contribution in [-0.2, 0) is 6.18 Å². The van der Waals surface area contributed by atoms with Crippen molar-refractivity contribution in [2.24, 2.45) is 0 Å². The molecule has 0 spiro atoms. The number of unbranched alkanes of at least 4 members (excludes halogenated alkanes) is 4. The van der Waals surface area contributed by atoms with Gasteiger partial charge < -0.3 is 0 Å². The van der Waals surface area contributed by atoms with Crippen molar-refractivity contribution in [3.05, 3.63) is 29.8 Å². The molecule has 0 fully saturated rings. The first-order chi connectivity index (χ1) is 8.54. The Balaban J connectivity index is 2.34. The van der Waals surface area contributed by atoms with Gasteiger partial charge in [0.05, 0.1) is 5.56 Å². The van der Waals surface area contributed by atoms with Crippen LogP contribution in [0.3, 0.4) is 0 Å². The van der Waals surface area contributed by atoms with Gasteiger partial charge in [-0.2, -0.15) is 13.2 Å². The number of hydrogen-bond donors (Lipinski definition) is 0. The van der Waals surface area contributed by atoms with Crippen LogP contribution < -0.4 is 0 Å². The number of alkyl halides is 3. The summed E-state index contributed by atoms with van der Waals surface area (Å²) in [6.45, 7) is 2.16. The molecule has 0 aliphatic heterocycles. The highest BCUT2D eigenvalue weighted by atomic mass is 32.2. The van der Waals surface area contributed by atoms with E-state index in [0.29, 0.717) is 4.90 Å². The van der Waals surface area contributed by atoms with Crippen molar-refractivity contribution in [2.45, 2.75) is 50.1 Å². The summed E-state index contributed by atoms with van der Waals surface area (Å²) in [6, 6.07) is 5.57. The standard InChI is InChI=1S/C14H19F3S/c1-2-3-4-5-6-10-18-13-9-7-8-12(11-13)14(15,16)17/h7-9,11H,2-6,10H2,1H3. The summed E-state index contributed by atoms with van der Waals surface area (Å²) in [5.41, 5.74) is -0.557. The second kappa shape index (κ2) is 7.72. The zero-order valence-corrected chi connectivity index (χ0v) is 11.4. The smallest absolute Gasteiger partial charge is 0.166 e. The summed E-state index contributed by atoms with van der Waals surface area (Å²) in [4.78, 5) is 0.709. The molecule has 102 valence electrons. The summed E-state index contributed by atoms with van der Waals surface area (Å²) < 4.78 is 37.5. The highest BCUT2D eigenvalue weighted by molar-refractivity contribution is 7.99. The molecule has 0 bridgehead atoms. The molecule has 0 radical (unpaired) electrons. The SMILES string of the molecule is CCCCCCCSc1cccc(C(F)(F)F)c1. The van der Waals surface area contributed by atoms with Crippen molar-refractivity contribution in [3.8, 4) is 0 Å². The lowest BCUT2D eigenvalue weighted by Crippen LogP contribution is -2.04. The summed E-state index contributed by atoms with van der Waals surface area (Å²) in [5, 5.41) is 0. The number of rotatable bonds is 7. The molecule has 1 aromatic carbocycles. The minimum Gasteiger partial charge on any atom is -0.166 e. The van der Waals surface area contributed by atoms with Gasteiger partial charge in [-0.25, -0.2) is 0 Å². The molecule has 0 N–H and O–H groups in total. The van der Waals surface area contributed by atoms with Crippen molar-refractivity contribution < 1.29 is 13.2 Å². The van der Waals surface area contributed by atoms with Crippen molar-refractivity contribution >= 4 is 11.8 Å². The van der Waals surface area contributed by atoms with E-state index in [9.17, 15) is 13.2 Å². The third-order valence-corrected chi connectivity index (χ3v) is 3.76. The van der Waals surface area contributed by atoms with Gasteiger partial charge in [-0.1, -0.05) is 38.7 Å². The van der Waals surface area contributed by atoms with Gasteiger partial charge in [-0.3, -0.25) is 0 Å². The third-order valence-electron chi connectivity index (χ3n) is 2.68. The first-order valence-electron chi connectivity index (χ1n) is 6.34. The Hall–Kier alpha value is -0.640. The average molecular weight is 276 g/mol. The lowest BCUT2D eigenvalue weighted by Gasteiger charge is -2.08. The molecule has 0 unspecified atom stereocenters. The zero-order valence-electron chi connectivity index (χ0n) is 10.6. The fraction of sp³-hybridized carbons (Fsp3) is 0.571. The van der Waals surface area contributed by atoms with Crippen LogP contribution in [0.4, 0.5) is 13.2 Å². The second-order valence-corrected chi connectivity index (χ2v) is 5.46. The summed E-state index contributed by atoms with van der Waals surface area (Å²) in [7, 11) is 0. The van der Waals surface area contributed by atoms with Crippen LogP contribution in [0.2, 0.25) is 0 Å². The molecular formula is C14H19F3S. The first kappa shape index (κ1) is 15.4. The van der Waals surface area contributed by atoms with E-state index in [1.807, 2.05) is 0 Å². The van der Waals surface area contributed by atoms with Gasteiger partial charge in [-0.05, 0) is 30.4 Å². The maximum atomic E-state index is 12.5. The second-order valence-electron chi connectivity index (χ2n) is 4.29. The number of benzene rings is 1. The Bertz CT molecular complexity index is 347. The highest BCUT2D eigenvalue weighted by Gasteiger charge is 2.30. The Morgan fingerprint density at radius 3 is 2.44 bits per heavy atom. The summed E-state index contributed by atoms with van der Waals surface area (Å²) in [5.74, 6) is 0.894. The molecular weight excluding hydrogens is 257 g/mol. The van der Waals surface area contributed by atoms with Crippen LogP contribution in [0.15, 0.2) is 29.2 Å². The zero-order chi connectivity index (χ0) is 13.4. The predicted octanol–water partition coefficient (Wildman–Crippen LogP) is 5.77. The monoisotopic (exact) mass is 276 g/mol. The third kappa shape index (κ3) is 5.80. The molecule has 0 aromatic heterocycles. The average Bonchev–Trinajstić information content (AvgIpc) is 2.33. The fourth-order valence-corrected chi connectivity index (χ4v) is 2.63. The maximum absolute atomic E-state index is 12.5. The van der Waals surface area contributed by atoms with E-state index in [1.54, 1.807) is 6.07 Å². The molecule has 0 aliphatic carbocycles. The van der Waals surface area contributed by atoms with E-state index < -0.39 is 11.7 Å². The Labute approximate surface area is 111 Å². The van der Waals surface area contributed by atoms with Gasteiger partial charge in [0.2, 0.25) is 0 Å². The normalized spacial score (nSPS) is 11.8. The van der Waals surface area contributed by atoms with E-state index >= 15 is 0 Å². The highest BCUT2D eigenvalue weighted by Crippen LogP contribution is 2.32. The van der Waals surface area contributed by atoms with E-state index in [0.717, 1.165) is 18.2 Å². The number of halogens is 3. The molecule has 1 rings (SSSR count). The fourth-order valence-electron chi connectivity index (χ4n) is 1.66. The van der Waals surface area contributed by atoms with Gasteiger partial charge in [-0.15, -0.1) is 11.8 Å². The lowest BCUT2D eigenvalue weighted by molar-refractivity contribution is -0.137. The van der Waals surface area contributed by atoms with Crippen LogP contribution >= 0.6 is 11.8 Å². The van der Waals surface area contributed by atoms with E-state index in [1.165, 1.54) is 49.6 Å². The summed E-state index contributed by atoms with van der Waals surface area (Å²) >= 11 is 1.51. The molecule has 0 saturated heterocycles. The van der Waals surface area contributed by atoms with Crippen LogP contribution in [-0.4, -0.2) is 5.75 Å². The minimum atomic E-state index is -4.24. The van der Waals surface area contributed by atoms with Crippen molar-refractivity contribution in [1.82, 2.24) is 0 Å². The Morgan fingerprint density at radius 2 is 1.78 bits per heavy atom. The number of thioether (sulfide) groups is 1. The van der Waals surface area contributed by atoms with Crippen molar-refractivity contribution in [1.29, 1.82) is 0 Å². The molecule has 0 aliphatic rings. The van der Waals surface area contributed by atoms with E-state index in [4.69, 9.17) is 0 Å². The summed E-state index contributed by atoms with van der Waals surface area (Å²) in [6.07, 6.45) is 1.67. The molecule has 1 aromatic rings. The molecule has 0 atom stereocenters. The van der Waals surface area contributed by atoms with Gasteiger partial charge in [0.1, 0.15) is 0 Å². The van der Waals surface area contributed by atoms with Crippen LogP contribution in [0.1, 0.15) is 44.6 Å².